The van der Waals surface area contributed by atoms with Crippen LogP contribution in [0.2, 0.25) is 0 Å². The largest absolute Gasteiger partial charge is 0.493 e. The third-order valence-electron chi connectivity index (χ3n) is 5.57. The van der Waals surface area contributed by atoms with Crippen molar-refractivity contribution in [2.45, 2.75) is 51.9 Å². The van der Waals surface area contributed by atoms with E-state index in [1.54, 1.807) is 26.4 Å². The van der Waals surface area contributed by atoms with Crippen molar-refractivity contribution >= 4 is 11.7 Å². The third-order valence-corrected chi connectivity index (χ3v) is 5.57. The number of carbonyl (C=O) groups is 1. The van der Waals surface area contributed by atoms with E-state index in [1.165, 1.54) is 19.3 Å². The van der Waals surface area contributed by atoms with Crippen molar-refractivity contribution in [1.82, 2.24) is 10.3 Å². The third kappa shape index (κ3) is 4.64. The second kappa shape index (κ2) is 9.57. The van der Waals surface area contributed by atoms with Gasteiger partial charge in [0.05, 0.1) is 14.2 Å². The van der Waals surface area contributed by atoms with E-state index >= 15 is 0 Å². The highest BCUT2D eigenvalue weighted by molar-refractivity contribution is 5.94. The maximum absolute atomic E-state index is 12.7. The average Bonchev–Trinajstić information content (AvgIpc) is 3.20. The SMILES string of the molecule is CCCCC1CCC(C(=O)Nc2nonc2-c2ccc(OC)c(OC)c2)CC1. The van der Waals surface area contributed by atoms with Gasteiger partial charge in [-0.3, -0.25) is 4.79 Å². The standard InChI is InChI=1S/C21H29N3O4/c1-4-5-6-14-7-9-15(10-8-14)21(25)22-20-19(23-28-24-20)16-11-12-17(26-2)18(13-16)27-3/h11-15H,4-10H2,1-3H3,(H,22,24,25). The minimum Gasteiger partial charge on any atom is -0.493 e. The molecule has 28 heavy (non-hydrogen) atoms. The molecule has 0 unspecified atom stereocenters. The maximum Gasteiger partial charge on any atom is 0.228 e. The first-order valence-electron chi connectivity index (χ1n) is 10.0. The summed E-state index contributed by atoms with van der Waals surface area (Å²) in [5.41, 5.74) is 1.21. The van der Waals surface area contributed by atoms with Gasteiger partial charge in [-0.05, 0) is 60.1 Å². The zero-order chi connectivity index (χ0) is 19.9. The lowest BCUT2D eigenvalue weighted by molar-refractivity contribution is -0.121. The molecule has 1 aromatic carbocycles. The number of nitrogens with zero attached hydrogens (tertiary/aromatic N) is 2. The molecule has 3 rings (SSSR count). The fourth-order valence-electron chi connectivity index (χ4n) is 3.87. The summed E-state index contributed by atoms with van der Waals surface area (Å²) in [6.45, 7) is 2.22. The monoisotopic (exact) mass is 387 g/mol. The molecule has 1 aliphatic carbocycles. The number of aromatic nitrogens is 2. The van der Waals surface area contributed by atoms with E-state index in [1.807, 2.05) is 6.07 Å². The number of rotatable bonds is 8. The highest BCUT2D eigenvalue weighted by Crippen LogP contribution is 2.35. The fraction of sp³-hybridized carbons (Fsp3) is 0.571. The van der Waals surface area contributed by atoms with Gasteiger partial charge < -0.3 is 14.8 Å². The molecular weight excluding hydrogens is 358 g/mol. The molecule has 0 spiro atoms. The lowest BCUT2D eigenvalue weighted by atomic mass is 9.79. The number of methoxy groups -OCH3 is 2. The number of unbranched alkanes of at least 4 members (excludes halogenated alkanes) is 1. The first-order chi connectivity index (χ1) is 13.7. The molecular formula is C21H29N3O4. The Bertz CT molecular complexity index is 782. The first kappa shape index (κ1) is 20.2. The van der Waals surface area contributed by atoms with Crippen molar-refractivity contribution < 1.29 is 18.9 Å². The smallest absolute Gasteiger partial charge is 0.228 e. The highest BCUT2D eigenvalue weighted by Gasteiger charge is 2.27. The molecule has 152 valence electrons. The highest BCUT2D eigenvalue weighted by atomic mass is 16.6. The Balaban J connectivity index is 1.65. The molecule has 1 aromatic heterocycles. The van der Waals surface area contributed by atoms with Gasteiger partial charge >= 0.3 is 0 Å². The molecule has 1 amide bonds. The molecule has 1 heterocycles. The van der Waals surface area contributed by atoms with Crippen LogP contribution in [0.5, 0.6) is 11.5 Å². The van der Waals surface area contributed by atoms with Crippen molar-refractivity contribution in [1.29, 1.82) is 0 Å². The summed E-state index contributed by atoms with van der Waals surface area (Å²) < 4.78 is 15.5. The zero-order valence-corrected chi connectivity index (χ0v) is 16.9. The number of nitrogens with one attached hydrogen (secondary N) is 1. The Labute approximate surface area is 165 Å². The van der Waals surface area contributed by atoms with Crippen LogP contribution in [0.15, 0.2) is 22.8 Å². The van der Waals surface area contributed by atoms with Crippen LogP contribution >= 0.6 is 0 Å². The van der Waals surface area contributed by atoms with Gasteiger partial charge in [0, 0.05) is 11.5 Å². The lowest BCUT2D eigenvalue weighted by Gasteiger charge is -2.27. The van der Waals surface area contributed by atoms with E-state index in [9.17, 15) is 4.79 Å². The summed E-state index contributed by atoms with van der Waals surface area (Å²) in [4.78, 5) is 12.7. The van der Waals surface area contributed by atoms with Gasteiger partial charge in [0.25, 0.3) is 0 Å². The van der Waals surface area contributed by atoms with Crippen LogP contribution in [0, 0.1) is 11.8 Å². The van der Waals surface area contributed by atoms with E-state index in [2.05, 4.69) is 22.6 Å². The molecule has 0 saturated heterocycles. The van der Waals surface area contributed by atoms with Gasteiger partial charge in [0.15, 0.2) is 17.2 Å². The summed E-state index contributed by atoms with van der Waals surface area (Å²) >= 11 is 0. The Morgan fingerprint density at radius 2 is 1.89 bits per heavy atom. The van der Waals surface area contributed by atoms with Crippen molar-refractivity contribution in [2.75, 3.05) is 19.5 Å². The van der Waals surface area contributed by atoms with E-state index in [0.29, 0.717) is 23.0 Å². The number of carbonyl (C=O) groups excluding carboxylic acids is 1. The quantitative estimate of drug-likeness (QED) is 0.707. The molecule has 7 heteroatoms. The summed E-state index contributed by atoms with van der Waals surface area (Å²) in [6.07, 6.45) is 7.89. The van der Waals surface area contributed by atoms with Gasteiger partial charge in [0.1, 0.15) is 0 Å². The van der Waals surface area contributed by atoms with Gasteiger partial charge in [0.2, 0.25) is 11.7 Å². The van der Waals surface area contributed by atoms with Crippen LogP contribution < -0.4 is 14.8 Å². The van der Waals surface area contributed by atoms with Crippen LogP contribution in [0.4, 0.5) is 5.82 Å². The van der Waals surface area contributed by atoms with Crippen molar-refractivity contribution in [2.24, 2.45) is 11.8 Å². The molecule has 1 N–H and O–H groups in total. The molecule has 0 aliphatic heterocycles. The molecule has 2 aromatic rings. The summed E-state index contributed by atoms with van der Waals surface area (Å²) in [5.74, 6) is 2.31. The molecule has 0 radical (unpaired) electrons. The second-order valence-electron chi connectivity index (χ2n) is 7.38. The number of benzene rings is 1. The van der Waals surface area contributed by atoms with E-state index in [-0.39, 0.29) is 11.8 Å². The number of amides is 1. The second-order valence-corrected chi connectivity index (χ2v) is 7.38. The van der Waals surface area contributed by atoms with Crippen LogP contribution in [0.1, 0.15) is 51.9 Å². The summed E-state index contributed by atoms with van der Waals surface area (Å²) in [6, 6.07) is 5.40. The Morgan fingerprint density at radius 1 is 1.14 bits per heavy atom. The van der Waals surface area contributed by atoms with Crippen LogP contribution in [-0.2, 0) is 4.79 Å². The number of anilines is 1. The van der Waals surface area contributed by atoms with Gasteiger partial charge in [-0.25, -0.2) is 4.63 Å². The predicted molar refractivity (Wildman–Crippen MR) is 106 cm³/mol. The Hall–Kier alpha value is -2.57. The normalized spacial score (nSPS) is 19.2. The van der Waals surface area contributed by atoms with E-state index in [0.717, 1.165) is 37.2 Å². The summed E-state index contributed by atoms with van der Waals surface area (Å²) in [7, 11) is 3.15. The number of hydrogen-bond donors (Lipinski definition) is 1. The molecule has 7 nitrogen and oxygen atoms in total. The van der Waals surface area contributed by atoms with Gasteiger partial charge in [-0.1, -0.05) is 26.2 Å². The molecule has 1 saturated carbocycles. The Kier molecular flexibility index (Phi) is 6.90. The number of hydrogen-bond acceptors (Lipinski definition) is 6. The van der Waals surface area contributed by atoms with Gasteiger partial charge in [-0.2, -0.15) is 0 Å². The van der Waals surface area contributed by atoms with Crippen LogP contribution in [0.25, 0.3) is 11.3 Å². The Morgan fingerprint density at radius 3 is 2.57 bits per heavy atom. The maximum atomic E-state index is 12.7. The molecule has 0 bridgehead atoms. The molecule has 1 fully saturated rings. The van der Waals surface area contributed by atoms with Crippen molar-refractivity contribution in [3.05, 3.63) is 18.2 Å². The van der Waals surface area contributed by atoms with Crippen molar-refractivity contribution in [3.8, 4) is 22.8 Å². The minimum atomic E-state index is -0.00799. The fourth-order valence-corrected chi connectivity index (χ4v) is 3.87. The predicted octanol–water partition coefficient (Wildman–Crippen LogP) is 4.69. The number of ether oxygens (including phenoxy) is 2. The minimum absolute atomic E-state index is 0.00799. The van der Waals surface area contributed by atoms with Crippen LogP contribution in [-0.4, -0.2) is 30.4 Å². The van der Waals surface area contributed by atoms with Crippen LogP contribution in [0.3, 0.4) is 0 Å². The summed E-state index contributed by atoms with van der Waals surface area (Å²) in [5, 5.41) is 10.8. The van der Waals surface area contributed by atoms with E-state index < -0.39 is 0 Å². The molecule has 1 aliphatic rings. The lowest BCUT2D eigenvalue weighted by Crippen LogP contribution is -2.27. The average molecular weight is 387 g/mol. The van der Waals surface area contributed by atoms with Gasteiger partial charge in [-0.15, -0.1) is 0 Å². The van der Waals surface area contributed by atoms with Crippen molar-refractivity contribution in [3.63, 3.8) is 0 Å². The zero-order valence-electron chi connectivity index (χ0n) is 16.9. The first-order valence-corrected chi connectivity index (χ1v) is 10.0. The van der Waals surface area contributed by atoms with E-state index in [4.69, 9.17) is 14.1 Å². The topological polar surface area (TPSA) is 86.5 Å². The molecule has 0 atom stereocenters.